The summed E-state index contributed by atoms with van der Waals surface area (Å²) in [7, 11) is 1.61. The van der Waals surface area contributed by atoms with Crippen LogP contribution in [0.5, 0.6) is 5.75 Å². The number of carbonyl (C=O) groups is 1. The van der Waals surface area contributed by atoms with Crippen molar-refractivity contribution >= 4 is 17.4 Å². The Labute approximate surface area is 183 Å². The molecule has 1 aliphatic heterocycles. The zero-order valence-corrected chi connectivity index (χ0v) is 18.0. The molecular weight excluding hydrogens is 388 g/mol. The van der Waals surface area contributed by atoms with E-state index in [9.17, 15) is 4.79 Å². The van der Waals surface area contributed by atoms with E-state index in [-0.39, 0.29) is 12.3 Å². The Morgan fingerprint density at radius 2 is 1.87 bits per heavy atom. The van der Waals surface area contributed by atoms with Crippen molar-refractivity contribution in [2.24, 2.45) is 5.92 Å². The number of nitrogens with zero attached hydrogens (tertiary/aromatic N) is 3. The minimum absolute atomic E-state index is 0.0950. The first-order valence-electron chi connectivity index (χ1n) is 10.7. The van der Waals surface area contributed by atoms with Crippen LogP contribution in [-0.2, 0) is 11.2 Å². The van der Waals surface area contributed by atoms with Crippen molar-refractivity contribution in [2.75, 3.05) is 30.4 Å². The van der Waals surface area contributed by atoms with Crippen LogP contribution in [0.4, 0.5) is 11.5 Å². The molecule has 1 N–H and O–H groups in total. The highest BCUT2D eigenvalue weighted by Crippen LogP contribution is 2.25. The van der Waals surface area contributed by atoms with Gasteiger partial charge in [0.1, 0.15) is 5.75 Å². The van der Waals surface area contributed by atoms with Crippen LogP contribution in [0, 0.1) is 5.92 Å². The van der Waals surface area contributed by atoms with Crippen LogP contribution in [0.25, 0.3) is 11.3 Å². The van der Waals surface area contributed by atoms with Crippen molar-refractivity contribution < 1.29 is 9.53 Å². The van der Waals surface area contributed by atoms with E-state index in [0.717, 1.165) is 47.3 Å². The van der Waals surface area contributed by atoms with Crippen LogP contribution in [0.1, 0.15) is 25.3 Å². The topological polar surface area (TPSA) is 67.3 Å². The molecule has 1 fully saturated rings. The second-order valence-electron chi connectivity index (χ2n) is 8.06. The molecule has 6 heteroatoms. The molecule has 0 unspecified atom stereocenters. The SMILES string of the molecule is COc1ccccc1CC(=O)Nc1cccc(-c2ccc(N3CCC(C)CC3)nn2)c1. The van der Waals surface area contributed by atoms with Crippen molar-refractivity contribution in [2.45, 2.75) is 26.2 Å². The van der Waals surface area contributed by atoms with Gasteiger partial charge in [-0.25, -0.2) is 0 Å². The molecule has 160 valence electrons. The predicted octanol–water partition coefficient (Wildman–Crippen LogP) is 4.57. The van der Waals surface area contributed by atoms with Gasteiger partial charge in [0.05, 0.1) is 19.2 Å². The first-order valence-corrected chi connectivity index (χ1v) is 10.7. The molecule has 2 heterocycles. The molecule has 4 rings (SSSR count). The van der Waals surface area contributed by atoms with Gasteiger partial charge in [-0.15, -0.1) is 10.2 Å². The molecule has 31 heavy (non-hydrogen) atoms. The summed E-state index contributed by atoms with van der Waals surface area (Å²) in [5, 5.41) is 11.8. The molecule has 0 spiro atoms. The number of amides is 1. The lowest BCUT2D eigenvalue weighted by Gasteiger charge is -2.30. The first-order chi connectivity index (χ1) is 15.1. The highest BCUT2D eigenvalue weighted by Gasteiger charge is 2.17. The summed E-state index contributed by atoms with van der Waals surface area (Å²) in [5.74, 6) is 2.33. The average molecular weight is 417 g/mol. The molecule has 1 saturated heterocycles. The lowest BCUT2D eigenvalue weighted by atomic mass is 9.99. The van der Waals surface area contributed by atoms with Gasteiger partial charge < -0.3 is 15.0 Å². The second-order valence-corrected chi connectivity index (χ2v) is 8.06. The molecular formula is C25H28N4O2. The number of benzene rings is 2. The van der Waals surface area contributed by atoms with Crippen LogP contribution < -0.4 is 15.0 Å². The number of nitrogens with one attached hydrogen (secondary N) is 1. The quantitative estimate of drug-likeness (QED) is 0.638. The van der Waals surface area contributed by atoms with Crippen molar-refractivity contribution in [1.82, 2.24) is 10.2 Å². The maximum Gasteiger partial charge on any atom is 0.228 e. The largest absolute Gasteiger partial charge is 0.496 e. The van der Waals surface area contributed by atoms with E-state index in [1.807, 2.05) is 60.7 Å². The number of anilines is 2. The zero-order chi connectivity index (χ0) is 21.6. The third-order valence-electron chi connectivity index (χ3n) is 5.74. The van der Waals surface area contributed by atoms with E-state index in [2.05, 4.69) is 27.3 Å². The summed E-state index contributed by atoms with van der Waals surface area (Å²) in [6, 6.07) is 19.3. The maximum atomic E-state index is 12.5. The molecule has 0 aliphatic carbocycles. The Balaban J connectivity index is 1.42. The van der Waals surface area contributed by atoms with E-state index in [1.54, 1.807) is 7.11 Å². The van der Waals surface area contributed by atoms with E-state index in [1.165, 1.54) is 12.8 Å². The average Bonchev–Trinajstić information content (AvgIpc) is 2.80. The highest BCUT2D eigenvalue weighted by molar-refractivity contribution is 5.93. The summed E-state index contributed by atoms with van der Waals surface area (Å²) >= 11 is 0. The zero-order valence-electron chi connectivity index (χ0n) is 18.0. The van der Waals surface area contributed by atoms with Gasteiger partial charge in [0.15, 0.2) is 5.82 Å². The third-order valence-corrected chi connectivity index (χ3v) is 5.74. The number of aromatic nitrogens is 2. The van der Waals surface area contributed by atoms with Crippen LogP contribution >= 0.6 is 0 Å². The van der Waals surface area contributed by atoms with Crippen LogP contribution in [0.2, 0.25) is 0 Å². The number of methoxy groups -OCH3 is 1. The van der Waals surface area contributed by atoms with Gasteiger partial charge in [0.2, 0.25) is 5.91 Å². The van der Waals surface area contributed by atoms with Crippen molar-refractivity contribution in [3.05, 3.63) is 66.2 Å². The van der Waals surface area contributed by atoms with Crippen LogP contribution in [-0.4, -0.2) is 36.3 Å². The number of hydrogen-bond acceptors (Lipinski definition) is 5. The molecule has 0 bridgehead atoms. The third kappa shape index (κ3) is 5.20. The highest BCUT2D eigenvalue weighted by atomic mass is 16.5. The smallest absolute Gasteiger partial charge is 0.228 e. The molecule has 6 nitrogen and oxygen atoms in total. The number of para-hydroxylation sites is 1. The molecule has 0 radical (unpaired) electrons. The summed E-state index contributed by atoms with van der Waals surface area (Å²) < 4.78 is 5.33. The summed E-state index contributed by atoms with van der Waals surface area (Å²) in [6.45, 7) is 4.36. The lowest BCUT2D eigenvalue weighted by molar-refractivity contribution is -0.115. The number of hydrogen-bond donors (Lipinski definition) is 1. The van der Waals surface area contributed by atoms with Crippen molar-refractivity contribution in [3.8, 4) is 17.0 Å². The normalized spacial score (nSPS) is 14.3. The van der Waals surface area contributed by atoms with E-state index in [0.29, 0.717) is 5.75 Å². The summed E-state index contributed by atoms with van der Waals surface area (Å²) in [6.07, 6.45) is 2.64. The monoisotopic (exact) mass is 416 g/mol. The Morgan fingerprint density at radius 1 is 1.06 bits per heavy atom. The Bertz CT molecular complexity index is 1030. The Morgan fingerprint density at radius 3 is 2.61 bits per heavy atom. The van der Waals surface area contributed by atoms with E-state index >= 15 is 0 Å². The van der Waals surface area contributed by atoms with Gasteiger partial charge in [0.25, 0.3) is 0 Å². The first kappa shape index (κ1) is 20.8. The molecule has 3 aromatic rings. The summed E-state index contributed by atoms with van der Waals surface area (Å²) in [4.78, 5) is 14.8. The van der Waals surface area contributed by atoms with Crippen molar-refractivity contribution in [1.29, 1.82) is 0 Å². The predicted molar refractivity (Wildman–Crippen MR) is 123 cm³/mol. The van der Waals surface area contributed by atoms with Gasteiger partial charge in [0, 0.05) is 29.9 Å². The van der Waals surface area contributed by atoms with Crippen LogP contribution in [0.3, 0.4) is 0 Å². The standard InChI is InChI=1S/C25H28N4O2/c1-18-12-14-29(15-13-18)24-11-10-22(27-28-24)19-7-5-8-21(16-19)26-25(30)17-20-6-3-4-9-23(20)31-2/h3-11,16,18H,12-15,17H2,1-2H3,(H,26,30). The van der Waals surface area contributed by atoms with Crippen LogP contribution in [0.15, 0.2) is 60.7 Å². The number of rotatable bonds is 6. The molecule has 1 aromatic heterocycles. The maximum absolute atomic E-state index is 12.5. The second kappa shape index (κ2) is 9.60. The molecule has 1 aliphatic rings. The van der Waals surface area contributed by atoms with Gasteiger partial charge in [-0.1, -0.05) is 37.3 Å². The summed E-state index contributed by atoms with van der Waals surface area (Å²) in [5.41, 5.74) is 3.29. The molecule has 0 saturated carbocycles. The van der Waals surface area contributed by atoms with Crippen molar-refractivity contribution in [3.63, 3.8) is 0 Å². The Kier molecular flexibility index (Phi) is 6.46. The molecule has 0 atom stereocenters. The van der Waals surface area contributed by atoms with Gasteiger partial charge >= 0.3 is 0 Å². The minimum atomic E-state index is -0.0950. The fraction of sp³-hybridized carbons (Fsp3) is 0.320. The lowest BCUT2D eigenvalue weighted by Crippen LogP contribution is -2.33. The molecule has 1 amide bonds. The number of carbonyl (C=O) groups excluding carboxylic acids is 1. The number of piperidine rings is 1. The minimum Gasteiger partial charge on any atom is -0.496 e. The van der Waals surface area contributed by atoms with Gasteiger partial charge in [-0.3, -0.25) is 4.79 Å². The van der Waals surface area contributed by atoms with E-state index < -0.39 is 0 Å². The fourth-order valence-corrected chi connectivity index (χ4v) is 3.87. The fourth-order valence-electron chi connectivity index (χ4n) is 3.87. The molecule has 2 aromatic carbocycles. The number of ether oxygens (including phenoxy) is 1. The van der Waals surface area contributed by atoms with E-state index in [4.69, 9.17) is 4.74 Å². The van der Waals surface area contributed by atoms with Gasteiger partial charge in [-0.2, -0.15) is 0 Å². The Hall–Kier alpha value is -3.41. The van der Waals surface area contributed by atoms with Gasteiger partial charge in [-0.05, 0) is 49.1 Å².